The highest BCUT2D eigenvalue weighted by atomic mass is 79.9. The molecule has 2 aliphatic carbocycles. The number of nitrogens with zero attached hydrogens (tertiary/aromatic N) is 2. The molecule has 1 saturated carbocycles. The first kappa shape index (κ1) is 20.9. The van der Waals surface area contributed by atoms with Crippen LogP contribution in [-0.2, 0) is 16.2 Å². The van der Waals surface area contributed by atoms with Gasteiger partial charge in [0.05, 0.1) is 25.2 Å². The molecule has 0 radical (unpaired) electrons. The van der Waals surface area contributed by atoms with Gasteiger partial charge in [0, 0.05) is 10.0 Å². The van der Waals surface area contributed by atoms with Crippen molar-refractivity contribution < 1.29 is 23.5 Å². The molecule has 1 aliphatic heterocycles. The van der Waals surface area contributed by atoms with Crippen molar-refractivity contribution in [2.45, 2.75) is 13.0 Å². The molecule has 1 heterocycles. The molecule has 0 spiro atoms. The lowest BCUT2D eigenvalue weighted by Crippen LogP contribution is -2.28. The molecule has 4 unspecified atom stereocenters. The van der Waals surface area contributed by atoms with Gasteiger partial charge in [-0.2, -0.15) is 10.1 Å². The van der Waals surface area contributed by atoms with E-state index in [9.17, 15) is 14.0 Å². The van der Waals surface area contributed by atoms with Gasteiger partial charge in [0.25, 0.3) is 11.8 Å². The Balaban J connectivity index is 1.41. The quantitative estimate of drug-likeness (QED) is 0.338. The zero-order chi connectivity index (χ0) is 22.4. The number of halogens is 2. The lowest BCUT2D eigenvalue weighted by Gasteiger charge is -2.15. The van der Waals surface area contributed by atoms with Crippen LogP contribution in [0.15, 0.2) is 58.1 Å². The van der Waals surface area contributed by atoms with Gasteiger partial charge in [0.15, 0.2) is 11.5 Å². The molecular weight excluding hydrogens is 479 g/mol. The molecule has 2 aromatic rings. The summed E-state index contributed by atoms with van der Waals surface area (Å²) in [6.07, 6.45) is 6.41. The molecule has 2 bridgehead atoms. The highest BCUT2D eigenvalue weighted by Gasteiger charge is 2.59. The monoisotopic (exact) mass is 498 g/mol. The van der Waals surface area contributed by atoms with Crippen LogP contribution in [0.25, 0.3) is 0 Å². The van der Waals surface area contributed by atoms with Crippen molar-refractivity contribution in [3.8, 4) is 11.5 Å². The number of allylic oxidation sites excluding steroid dienone is 2. The van der Waals surface area contributed by atoms with Crippen LogP contribution in [-0.4, -0.2) is 30.1 Å². The summed E-state index contributed by atoms with van der Waals surface area (Å²) >= 11 is 3.44. The molecule has 2 fully saturated rings. The highest BCUT2D eigenvalue weighted by Crippen LogP contribution is 2.52. The number of rotatable bonds is 6. The minimum atomic E-state index is -0.323. The van der Waals surface area contributed by atoms with Crippen LogP contribution in [0.2, 0.25) is 0 Å². The summed E-state index contributed by atoms with van der Waals surface area (Å²) in [5.74, 6) is -0.305. The molecule has 1 saturated heterocycles. The summed E-state index contributed by atoms with van der Waals surface area (Å²) in [7, 11) is 1.52. The average molecular weight is 499 g/mol. The molecule has 4 atom stereocenters. The van der Waals surface area contributed by atoms with Crippen LogP contribution in [0.1, 0.15) is 17.5 Å². The van der Waals surface area contributed by atoms with E-state index in [2.05, 4.69) is 21.0 Å². The van der Waals surface area contributed by atoms with Crippen molar-refractivity contribution >= 4 is 34.0 Å². The molecule has 2 amide bonds. The van der Waals surface area contributed by atoms with Crippen LogP contribution < -0.4 is 9.47 Å². The minimum absolute atomic E-state index is 0.127. The lowest BCUT2D eigenvalue weighted by molar-refractivity contribution is -0.140. The van der Waals surface area contributed by atoms with Crippen LogP contribution >= 0.6 is 15.9 Å². The Morgan fingerprint density at radius 2 is 1.78 bits per heavy atom. The predicted molar refractivity (Wildman–Crippen MR) is 119 cm³/mol. The van der Waals surface area contributed by atoms with E-state index in [1.165, 1.54) is 25.5 Å². The third kappa shape index (κ3) is 3.52. The SMILES string of the molecule is COc1cc(Br)cc(C=NN2C(=O)C3C4C=CC(C4)C3C2=O)c1OCc1ccc(F)cc1. The maximum absolute atomic E-state index is 13.2. The second-order valence-corrected chi connectivity index (χ2v) is 9.09. The highest BCUT2D eigenvalue weighted by molar-refractivity contribution is 9.10. The van der Waals surface area contributed by atoms with Gasteiger partial charge in [-0.25, -0.2) is 4.39 Å². The van der Waals surface area contributed by atoms with E-state index in [1.807, 2.05) is 12.2 Å². The molecule has 3 aliphatic rings. The van der Waals surface area contributed by atoms with E-state index in [-0.39, 0.29) is 47.9 Å². The number of benzene rings is 2. The Bertz CT molecular complexity index is 1120. The van der Waals surface area contributed by atoms with E-state index in [4.69, 9.17) is 9.47 Å². The van der Waals surface area contributed by atoms with Gasteiger partial charge >= 0.3 is 0 Å². The Hall–Kier alpha value is -3.00. The number of fused-ring (bicyclic) bond motifs is 5. The number of hydrogen-bond donors (Lipinski definition) is 0. The smallest absolute Gasteiger partial charge is 0.254 e. The number of methoxy groups -OCH3 is 1. The number of carbonyl (C=O) groups is 2. The number of carbonyl (C=O) groups excluding carboxylic acids is 2. The number of hydrogen-bond acceptors (Lipinski definition) is 5. The summed E-state index contributed by atoms with van der Waals surface area (Å²) in [5, 5.41) is 5.25. The molecule has 8 heteroatoms. The van der Waals surface area contributed by atoms with Crippen LogP contribution in [0.4, 0.5) is 4.39 Å². The van der Waals surface area contributed by atoms with Gasteiger partial charge in [-0.05, 0) is 48.1 Å². The van der Waals surface area contributed by atoms with Crippen molar-refractivity contribution in [3.05, 3.63) is 70.0 Å². The number of ether oxygens (including phenoxy) is 2. The fourth-order valence-corrected chi connectivity index (χ4v) is 5.30. The summed E-state index contributed by atoms with van der Waals surface area (Å²) in [6.45, 7) is 0.180. The van der Waals surface area contributed by atoms with Gasteiger partial charge in [-0.3, -0.25) is 9.59 Å². The van der Waals surface area contributed by atoms with Crippen LogP contribution in [0.5, 0.6) is 11.5 Å². The Morgan fingerprint density at radius 3 is 2.41 bits per heavy atom. The van der Waals surface area contributed by atoms with E-state index < -0.39 is 0 Å². The summed E-state index contributed by atoms with van der Waals surface area (Å²) in [4.78, 5) is 25.8. The number of amides is 2. The molecule has 164 valence electrons. The number of hydrazone groups is 1. The summed E-state index contributed by atoms with van der Waals surface area (Å²) < 4.78 is 25.3. The molecule has 2 aromatic carbocycles. The van der Waals surface area contributed by atoms with Gasteiger partial charge in [0.1, 0.15) is 12.4 Å². The van der Waals surface area contributed by atoms with Crippen molar-refractivity contribution in [2.75, 3.05) is 7.11 Å². The third-order valence-electron chi connectivity index (χ3n) is 6.32. The maximum atomic E-state index is 13.2. The third-order valence-corrected chi connectivity index (χ3v) is 6.78. The fourth-order valence-electron chi connectivity index (χ4n) is 4.85. The molecule has 6 nitrogen and oxygen atoms in total. The van der Waals surface area contributed by atoms with Crippen molar-refractivity contribution in [2.24, 2.45) is 28.8 Å². The summed E-state index contributed by atoms with van der Waals surface area (Å²) in [5.41, 5.74) is 1.32. The fraction of sp³-hybridized carbons (Fsp3) is 0.292. The summed E-state index contributed by atoms with van der Waals surface area (Å²) in [6, 6.07) is 9.52. The Morgan fingerprint density at radius 1 is 1.12 bits per heavy atom. The van der Waals surface area contributed by atoms with E-state index in [0.29, 0.717) is 17.1 Å². The predicted octanol–water partition coefficient (Wildman–Crippen LogP) is 4.32. The van der Waals surface area contributed by atoms with Crippen molar-refractivity contribution in [1.82, 2.24) is 5.01 Å². The maximum Gasteiger partial charge on any atom is 0.254 e. The average Bonchev–Trinajstić information content (AvgIpc) is 3.46. The standard InChI is InChI=1S/C24H20BrFN2O4/c1-31-19-10-17(25)9-16(22(19)32-12-13-2-6-18(26)7-3-13)11-27-28-23(29)20-14-4-5-15(8-14)21(20)24(28)30/h2-7,9-11,14-15,20-21H,8,12H2,1H3. The first-order chi connectivity index (χ1) is 15.5. The molecule has 32 heavy (non-hydrogen) atoms. The largest absolute Gasteiger partial charge is 0.493 e. The van der Waals surface area contributed by atoms with Gasteiger partial charge in [0.2, 0.25) is 0 Å². The first-order valence-corrected chi connectivity index (χ1v) is 11.1. The van der Waals surface area contributed by atoms with E-state index in [1.54, 1.807) is 24.3 Å². The second kappa shape index (κ2) is 8.16. The second-order valence-electron chi connectivity index (χ2n) is 8.17. The van der Waals surface area contributed by atoms with Crippen LogP contribution in [0, 0.1) is 29.5 Å². The van der Waals surface area contributed by atoms with Crippen molar-refractivity contribution in [3.63, 3.8) is 0 Å². The van der Waals surface area contributed by atoms with Crippen LogP contribution in [0.3, 0.4) is 0 Å². The first-order valence-electron chi connectivity index (χ1n) is 10.3. The zero-order valence-corrected chi connectivity index (χ0v) is 18.8. The topological polar surface area (TPSA) is 68.2 Å². The minimum Gasteiger partial charge on any atom is -0.493 e. The normalized spacial score (nSPS) is 25.8. The van der Waals surface area contributed by atoms with Gasteiger partial charge in [-0.15, -0.1) is 0 Å². The van der Waals surface area contributed by atoms with Gasteiger partial charge in [-0.1, -0.05) is 40.2 Å². The molecule has 0 aromatic heterocycles. The Labute approximate surface area is 192 Å². The zero-order valence-electron chi connectivity index (χ0n) is 17.2. The molecule has 5 rings (SSSR count). The molecular formula is C24H20BrFN2O4. The van der Waals surface area contributed by atoms with E-state index in [0.717, 1.165) is 21.5 Å². The number of imide groups is 1. The Kier molecular flexibility index (Phi) is 5.33. The van der Waals surface area contributed by atoms with Crippen molar-refractivity contribution in [1.29, 1.82) is 0 Å². The van der Waals surface area contributed by atoms with Gasteiger partial charge < -0.3 is 9.47 Å². The lowest BCUT2D eigenvalue weighted by atomic mass is 9.85. The van der Waals surface area contributed by atoms with E-state index >= 15 is 0 Å². The molecule has 0 N–H and O–H groups in total.